The standard InChI is InChI=1S/C22H24N6O/c1-5-27-15(3)12-19(26-27)24-20(29)13-28-22-21(16(4)25-28)18(9-10-23-22)17-8-6-7-14(2)11-17/h6-12H,5,13H2,1-4H3,(H,24,26,29). The first-order valence-corrected chi connectivity index (χ1v) is 9.69. The third-order valence-electron chi connectivity index (χ3n) is 4.98. The van der Waals surface area contributed by atoms with Crippen molar-refractivity contribution in [2.75, 3.05) is 5.32 Å². The van der Waals surface area contributed by atoms with Gasteiger partial charge in [-0.1, -0.05) is 29.8 Å². The van der Waals surface area contributed by atoms with E-state index in [4.69, 9.17) is 0 Å². The maximum Gasteiger partial charge on any atom is 0.247 e. The molecule has 0 aliphatic heterocycles. The van der Waals surface area contributed by atoms with E-state index in [0.717, 1.165) is 34.4 Å². The van der Waals surface area contributed by atoms with Gasteiger partial charge < -0.3 is 5.32 Å². The van der Waals surface area contributed by atoms with Gasteiger partial charge in [-0.2, -0.15) is 10.2 Å². The Morgan fingerprint density at radius 3 is 2.62 bits per heavy atom. The molecule has 3 aromatic heterocycles. The molecule has 0 spiro atoms. The number of amides is 1. The molecule has 4 rings (SSSR count). The first-order valence-electron chi connectivity index (χ1n) is 9.69. The zero-order valence-electron chi connectivity index (χ0n) is 17.1. The van der Waals surface area contributed by atoms with Gasteiger partial charge in [0.1, 0.15) is 6.54 Å². The molecule has 1 aromatic carbocycles. The predicted molar refractivity (Wildman–Crippen MR) is 114 cm³/mol. The van der Waals surface area contributed by atoms with E-state index >= 15 is 0 Å². The number of nitrogens with one attached hydrogen (secondary N) is 1. The van der Waals surface area contributed by atoms with Crippen LogP contribution in [0, 0.1) is 20.8 Å². The quantitative estimate of drug-likeness (QED) is 0.563. The van der Waals surface area contributed by atoms with Gasteiger partial charge in [-0.05, 0) is 44.9 Å². The monoisotopic (exact) mass is 388 g/mol. The maximum absolute atomic E-state index is 12.6. The molecule has 0 saturated heterocycles. The fourth-order valence-electron chi connectivity index (χ4n) is 3.65. The van der Waals surface area contributed by atoms with E-state index in [1.807, 2.05) is 43.7 Å². The van der Waals surface area contributed by atoms with E-state index in [0.29, 0.717) is 11.5 Å². The van der Waals surface area contributed by atoms with Gasteiger partial charge in [0.25, 0.3) is 0 Å². The number of rotatable bonds is 5. The fourth-order valence-corrected chi connectivity index (χ4v) is 3.65. The van der Waals surface area contributed by atoms with Crippen LogP contribution in [-0.2, 0) is 17.9 Å². The molecule has 0 aliphatic carbocycles. The summed E-state index contributed by atoms with van der Waals surface area (Å²) in [5.74, 6) is 0.369. The molecule has 29 heavy (non-hydrogen) atoms. The molecule has 1 N–H and O–H groups in total. The Balaban J connectivity index is 1.65. The van der Waals surface area contributed by atoms with Crippen LogP contribution in [0.3, 0.4) is 0 Å². The lowest BCUT2D eigenvalue weighted by atomic mass is 10.0. The Labute approximate surface area is 169 Å². The predicted octanol–water partition coefficient (Wildman–Crippen LogP) is 3.88. The van der Waals surface area contributed by atoms with E-state index in [9.17, 15) is 4.79 Å². The lowest BCUT2D eigenvalue weighted by molar-refractivity contribution is -0.116. The van der Waals surface area contributed by atoms with Crippen LogP contribution < -0.4 is 5.32 Å². The number of carbonyl (C=O) groups is 1. The zero-order chi connectivity index (χ0) is 20.5. The van der Waals surface area contributed by atoms with Crippen molar-refractivity contribution >= 4 is 22.8 Å². The summed E-state index contributed by atoms with van der Waals surface area (Å²) in [6.07, 6.45) is 1.77. The second-order valence-electron chi connectivity index (χ2n) is 7.20. The molecule has 0 saturated carbocycles. The lowest BCUT2D eigenvalue weighted by Gasteiger charge is -2.06. The van der Waals surface area contributed by atoms with Crippen LogP contribution in [0.4, 0.5) is 5.82 Å². The zero-order valence-corrected chi connectivity index (χ0v) is 17.1. The van der Waals surface area contributed by atoms with Crippen LogP contribution in [0.25, 0.3) is 22.2 Å². The first-order chi connectivity index (χ1) is 14.0. The Hall–Kier alpha value is -3.48. The van der Waals surface area contributed by atoms with Crippen molar-refractivity contribution in [3.63, 3.8) is 0 Å². The molecule has 148 valence electrons. The summed E-state index contributed by atoms with van der Waals surface area (Å²) in [5.41, 5.74) is 5.94. The van der Waals surface area contributed by atoms with Gasteiger partial charge in [0.2, 0.25) is 5.91 Å². The molecule has 7 heteroatoms. The maximum atomic E-state index is 12.6. The van der Waals surface area contributed by atoms with Crippen molar-refractivity contribution in [3.05, 3.63) is 59.5 Å². The van der Waals surface area contributed by atoms with Gasteiger partial charge in [-0.15, -0.1) is 0 Å². The van der Waals surface area contributed by atoms with Crippen molar-refractivity contribution in [1.29, 1.82) is 0 Å². The molecule has 0 atom stereocenters. The number of anilines is 1. The molecule has 0 bridgehead atoms. The summed E-state index contributed by atoms with van der Waals surface area (Å²) in [5, 5.41) is 12.8. The molecule has 3 heterocycles. The molecule has 0 fully saturated rings. The molecule has 7 nitrogen and oxygen atoms in total. The third-order valence-corrected chi connectivity index (χ3v) is 4.98. The molecule has 0 aliphatic rings. The molecule has 4 aromatic rings. The number of fused-ring (bicyclic) bond motifs is 1. The van der Waals surface area contributed by atoms with Crippen LogP contribution in [0.5, 0.6) is 0 Å². The molecular formula is C22H24N6O. The summed E-state index contributed by atoms with van der Waals surface area (Å²) >= 11 is 0. The minimum absolute atomic E-state index is 0.0760. The average Bonchev–Trinajstić information content (AvgIpc) is 3.20. The van der Waals surface area contributed by atoms with Crippen molar-refractivity contribution in [3.8, 4) is 11.1 Å². The van der Waals surface area contributed by atoms with Crippen molar-refractivity contribution in [2.24, 2.45) is 0 Å². The van der Waals surface area contributed by atoms with Crippen molar-refractivity contribution < 1.29 is 4.79 Å². The Bertz CT molecular complexity index is 1200. The second-order valence-corrected chi connectivity index (χ2v) is 7.20. The summed E-state index contributed by atoms with van der Waals surface area (Å²) < 4.78 is 3.50. The highest BCUT2D eigenvalue weighted by atomic mass is 16.2. The van der Waals surface area contributed by atoms with E-state index in [2.05, 4.69) is 45.6 Å². The summed E-state index contributed by atoms with van der Waals surface area (Å²) in [7, 11) is 0. The first kappa shape index (κ1) is 18.9. The highest BCUT2D eigenvalue weighted by Crippen LogP contribution is 2.30. The van der Waals surface area contributed by atoms with E-state index in [-0.39, 0.29) is 12.5 Å². The minimum Gasteiger partial charge on any atom is -0.308 e. The molecule has 1 amide bonds. The van der Waals surface area contributed by atoms with Crippen LogP contribution in [0.2, 0.25) is 0 Å². The molecule has 0 unspecified atom stereocenters. The van der Waals surface area contributed by atoms with Gasteiger partial charge >= 0.3 is 0 Å². The highest BCUT2D eigenvalue weighted by Gasteiger charge is 2.16. The number of pyridine rings is 1. The number of benzene rings is 1. The highest BCUT2D eigenvalue weighted by molar-refractivity contribution is 5.96. The minimum atomic E-state index is -0.182. The summed E-state index contributed by atoms with van der Waals surface area (Å²) in [6.45, 7) is 8.84. The van der Waals surface area contributed by atoms with Crippen LogP contribution in [-0.4, -0.2) is 30.5 Å². The van der Waals surface area contributed by atoms with Gasteiger partial charge in [0.05, 0.1) is 5.69 Å². The number of aryl methyl sites for hydroxylation is 4. The van der Waals surface area contributed by atoms with Crippen molar-refractivity contribution in [2.45, 2.75) is 40.8 Å². The second kappa shape index (κ2) is 7.50. The third kappa shape index (κ3) is 3.63. The fraction of sp³-hybridized carbons (Fsp3) is 0.273. The van der Waals surface area contributed by atoms with E-state index in [1.165, 1.54) is 5.56 Å². The van der Waals surface area contributed by atoms with Crippen LogP contribution in [0.15, 0.2) is 42.6 Å². The smallest absolute Gasteiger partial charge is 0.247 e. The Kier molecular flexibility index (Phi) is 4.88. The lowest BCUT2D eigenvalue weighted by Crippen LogP contribution is -2.20. The summed E-state index contributed by atoms with van der Waals surface area (Å²) in [4.78, 5) is 17.1. The van der Waals surface area contributed by atoms with E-state index in [1.54, 1.807) is 10.9 Å². The Morgan fingerprint density at radius 1 is 1.07 bits per heavy atom. The topological polar surface area (TPSA) is 77.6 Å². The number of carbonyl (C=O) groups excluding carboxylic acids is 1. The van der Waals surface area contributed by atoms with Gasteiger partial charge in [0, 0.05) is 29.9 Å². The largest absolute Gasteiger partial charge is 0.308 e. The number of nitrogens with zero attached hydrogens (tertiary/aromatic N) is 5. The number of hydrogen-bond acceptors (Lipinski definition) is 4. The average molecular weight is 388 g/mol. The van der Waals surface area contributed by atoms with E-state index < -0.39 is 0 Å². The van der Waals surface area contributed by atoms with Gasteiger partial charge in [-0.25, -0.2) is 9.67 Å². The number of hydrogen-bond donors (Lipinski definition) is 1. The molecular weight excluding hydrogens is 364 g/mol. The number of aromatic nitrogens is 5. The normalized spacial score (nSPS) is 11.2. The Morgan fingerprint density at radius 2 is 1.90 bits per heavy atom. The van der Waals surface area contributed by atoms with Crippen LogP contribution in [0.1, 0.15) is 23.9 Å². The molecule has 0 radical (unpaired) electrons. The van der Waals surface area contributed by atoms with Gasteiger partial charge in [-0.3, -0.25) is 9.48 Å². The summed E-state index contributed by atoms with van der Waals surface area (Å²) in [6, 6.07) is 12.2. The van der Waals surface area contributed by atoms with Crippen molar-refractivity contribution in [1.82, 2.24) is 24.5 Å². The van der Waals surface area contributed by atoms with Crippen LogP contribution >= 0.6 is 0 Å². The SMILES string of the molecule is CCn1nc(NC(=O)Cn2nc(C)c3c(-c4cccc(C)c4)ccnc32)cc1C. The van der Waals surface area contributed by atoms with Gasteiger partial charge in [0.15, 0.2) is 11.5 Å².